The molecule has 1 aliphatic heterocycles. The first-order valence-corrected chi connectivity index (χ1v) is 16.1. The molecule has 268 valence electrons. The molecule has 5 rings (SSSR count). The fourth-order valence-electron chi connectivity index (χ4n) is 5.24. The molecule has 0 unspecified atom stereocenters. The van der Waals surface area contributed by atoms with Gasteiger partial charge in [-0.05, 0) is 49.0 Å². The summed E-state index contributed by atoms with van der Waals surface area (Å²) in [6.07, 6.45) is 1.61. The number of nitrogens with one attached hydrogen (secondary N) is 4. The number of nitriles is 1. The number of hydrogen-bond acceptors (Lipinski definition) is 17. The predicted octanol–water partition coefficient (Wildman–Crippen LogP) is 1.97. The van der Waals surface area contributed by atoms with E-state index in [-0.39, 0.29) is 36.5 Å². The summed E-state index contributed by atoms with van der Waals surface area (Å²) in [4.78, 5) is 50.5. The smallest absolute Gasteiger partial charge is 0.328 e. The van der Waals surface area contributed by atoms with Crippen LogP contribution >= 0.6 is 0 Å². The zero-order valence-electron chi connectivity index (χ0n) is 28.5. The van der Waals surface area contributed by atoms with Crippen LogP contribution in [0.2, 0.25) is 0 Å². The van der Waals surface area contributed by atoms with Gasteiger partial charge < -0.3 is 30.7 Å². The number of aliphatic hydroxyl groups is 1. The van der Waals surface area contributed by atoms with Crippen LogP contribution in [0.3, 0.4) is 0 Å². The first-order chi connectivity index (χ1) is 25.3. The van der Waals surface area contributed by atoms with Gasteiger partial charge >= 0.3 is 5.97 Å². The van der Waals surface area contributed by atoms with E-state index >= 15 is 0 Å². The number of aromatic amines is 1. The van der Waals surface area contributed by atoms with Crippen molar-refractivity contribution < 1.29 is 19.4 Å². The Balaban J connectivity index is 1.29. The highest BCUT2D eigenvalue weighted by atomic mass is 16.5. The molecule has 52 heavy (non-hydrogen) atoms. The van der Waals surface area contributed by atoms with Gasteiger partial charge in [-0.3, -0.25) is 14.7 Å². The second-order valence-corrected chi connectivity index (χ2v) is 11.3. The Bertz CT molecular complexity index is 1950. The lowest BCUT2D eigenvalue weighted by atomic mass is 10.0. The molecule has 4 aromatic rings. The Hall–Kier alpha value is -6.81. The second kappa shape index (κ2) is 17.7. The number of piperazine rings is 1. The summed E-state index contributed by atoms with van der Waals surface area (Å²) in [6, 6.07) is 15.8. The number of aromatic nitrogens is 7. The van der Waals surface area contributed by atoms with Crippen molar-refractivity contribution in [2.24, 2.45) is 9.98 Å². The number of benzene rings is 2. The minimum absolute atomic E-state index is 0.0974. The molecule has 0 spiro atoms. The third kappa shape index (κ3) is 9.88. The van der Waals surface area contributed by atoms with Crippen LogP contribution in [0.25, 0.3) is 0 Å². The molecule has 0 aliphatic carbocycles. The molecule has 5 N–H and O–H groups in total. The van der Waals surface area contributed by atoms with E-state index in [1.54, 1.807) is 36.1 Å². The first kappa shape index (κ1) is 36.5. The molecule has 2 aromatic carbocycles. The Labute approximate surface area is 298 Å². The van der Waals surface area contributed by atoms with Crippen LogP contribution in [-0.2, 0) is 33.8 Å². The SMILES string of the molecule is C=N/C(C(=O)N1CCN(Cc2cccc(Nc3nc(NCc4nn[nH]n4)nc(N[C@@H](Cc4ccc(C#N)cc4)C(=O)OC)n3)c2)CC1)=C(/O)N=CC. The predicted molar refractivity (Wildman–Crippen MR) is 191 cm³/mol. The number of amides is 1. The maximum Gasteiger partial charge on any atom is 0.328 e. The van der Waals surface area contributed by atoms with Gasteiger partial charge in [-0.1, -0.05) is 29.5 Å². The highest BCUT2D eigenvalue weighted by Crippen LogP contribution is 2.21. The number of hydrogen-bond donors (Lipinski definition) is 5. The van der Waals surface area contributed by atoms with Crippen molar-refractivity contribution in [3.05, 3.63) is 82.6 Å². The van der Waals surface area contributed by atoms with Crippen molar-refractivity contribution in [2.75, 3.05) is 49.2 Å². The fourth-order valence-corrected chi connectivity index (χ4v) is 5.24. The number of anilines is 4. The quantitative estimate of drug-likeness (QED) is 0.0513. The van der Waals surface area contributed by atoms with Crippen molar-refractivity contribution in [1.29, 1.82) is 5.26 Å². The molecule has 19 nitrogen and oxygen atoms in total. The van der Waals surface area contributed by atoms with Crippen molar-refractivity contribution >= 4 is 48.3 Å². The van der Waals surface area contributed by atoms with Crippen LogP contribution in [0.4, 0.5) is 23.5 Å². The molecule has 0 saturated carbocycles. The standard InChI is InChI=1S/C33H37N15O4/c1-4-36-28(49)27(35-2)29(50)48-14-12-47(13-15-48)20-23-6-5-7-24(16-23)38-32-40-31(37-19-26-43-45-46-44-26)41-33(42-32)39-25(30(51)52-3)17-21-8-10-22(18-34)11-9-21/h4-11,16,25,49H,2,12-15,17,19-20H2,1,3H3,(H,43,44,45,46)(H3,37,38,39,40,41,42)/b28-27+,36-4?/t25-/m0/s1. The summed E-state index contributed by atoms with van der Waals surface area (Å²) in [5, 5.41) is 42.4. The summed E-state index contributed by atoms with van der Waals surface area (Å²) in [5.41, 5.74) is 2.83. The number of nitrogens with zero attached hydrogens (tertiary/aromatic N) is 11. The average molecular weight is 708 g/mol. The van der Waals surface area contributed by atoms with Gasteiger partial charge in [0.05, 0.1) is 25.3 Å². The van der Waals surface area contributed by atoms with E-state index in [2.05, 4.69) is 79.2 Å². The van der Waals surface area contributed by atoms with Gasteiger partial charge in [-0.25, -0.2) is 9.79 Å². The highest BCUT2D eigenvalue weighted by Gasteiger charge is 2.26. The summed E-state index contributed by atoms with van der Waals surface area (Å²) in [5.74, 6) is -0.569. The lowest BCUT2D eigenvalue weighted by Crippen LogP contribution is -2.48. The molecule has 0 bridgehead atoms. The van der Waals surface area contributed by atoms with E-state index in [0.29, 0.717) is 49.8 Å². The minimum Gasteiger partial charge on any atom is -0.492 e. The van der Waals surface area contributed by atoms with Gasteiger partial charge in [-0.15, -0.1) is 10.2 Å². The minimum atomic E-state index is -0.858. The summed E-state index contributed by atoms with van der Waals surface area (Å²) in [6.45, 7) is 7.90. The number of carbonyl (C=O) groups is 2. The van der Waals surface area contributed by atoms with E-state index < -0.39 is 23.8 Å². The van der Waals surface area contributed by atoms with E-state index in [4.69, 9.17) is 10.00 Å². The van der Waals surface area contributed by atoms with Crippen molar-refractivity contribution in [2.45, 2.75) is 32.5 Å². The topological polar surface area (TPSA) is 248 Å². The lowest BCUT2D eigenvalue weighted by molar-refractivity contribution is -0.141. The number of esters is 1. The summed E-state index contributed by atoms with van der Waals surface area (Å²) in [7, 11) is 1.30. The third-order valence-corrected chi connectivity index (χ3v) is 7.81. The Kier molecular flexibility index (Phi) is 12.4. The molecule has 1 aliphatic rings. The normalized spacial score (nSPS) is 14.2. The Morgan fingerprint density at radius 3 is 2.52 bits per heavy atom. The molecular weight excluding hydrogens is 670 g/mol. The number of tetrazole rings is 1. The average Bonchev–Trinajstić information content (AvgIpc) is 3.68. The molecule has 0 radical (unpaired) electrons. The number of H-pyrrole nitrogens is 1. The third-order valence-electron chi connectivity index (χ3n) is 7.81. The van der Waals surface area contributed by atoms with E-state index in [9.17, 15) is 14.7 Å². The summed E-state index contributed by atoms with van der Waals surface area (Å²) >= 11 is 0. The van der Waals surface area contributed by atoms with Gasteiger partial charge in [0.1, 0.15) is 6.04 Å². The van der Waals surface area contributed by atoms with E-state index in [0.717, 1.165) is 11.1 Å². The molecule has 2 aromatic heterocycles. The number of methoxy groups -OCH3 is 1. The maximum atomic E-state index is 12.9. The number of rotatable bonds is 15. The molecule has 3 heterocycles. The van der Waals surface area contributed by atoms with Gasteiger partial charge in [0.25, 0.3) is 5.91 Å². The van der Waals surface area contributed by atoms with Crippen molar-refractivity contribution in [1.82, 2.24) is 45.4 Å². The van der Waals surface area contributed by atoms with Crippen molar-refractivity contribution in [3.63, 3.8) is 0 Å². The van der Waals surface area contributed by atoms with Crippen LogP contribution < -0.4 is 16.0 Å². The first-order valence-electron chi connectivity index (χ1n) is 16.1. The zero-order valence-corrected chi connectivity index (χ0v) is 28.5. The van der Waals surface area contributed by atoms with Crippen LogP contribution in [-0.4, -0.2) is 115 Å². The van der Waals surface area contributed by atoms with E-state index in [1.807, 2.05) is 24.3 Å². The van der Waals surface area contributed by atoms with Crippen LogP contribution in [0.15, 0.2) is 70.1 Å². The molecule has 1 saturated heterocycles. The number of carbonyl (C=O) groups excluding carboxylic acids is 2. The molecular formula is C33H37N15O4. The van der Waals surface area contributed by atoms with Gasteiger partial charge in [0.2, 0.25) is 23.7 Å². The van der Waals surface area contributed by atoms with E-state index in [1.165, 1.54) is 13.3 Å². The molecule has 1 fully saturated rings. The molecule has 1 amide bonds. The Morgan fingerprint density at radius 2 is 1.85 bits per heavy atom. The molecule has 1 atom stereocenters. The lowest BCUT2D eigenvalue weighted by Gasteiger charge is -2.34. The number of aliphatic hydroxyl groups excluding tert-OH is 1. The summed E-state index contributed by atoms with van der Waals surface area (Å²) < 4.78 is 5.05. The molecule has 19 heteroatoms. The van der Waals surface area contributed by atoms with Crippen LogP contribution in [0, 0.1) is 11.3 Å². The van der Waals surface area contributed by atoms with Gasteiger partial charge in [0, 0.05) is 51.0 Å². The maximum absolute atomic E-state index is 12.9. The van der Waals surface area contributed by atoms with Gasteiger partial charge in [0.15, 0.2) is 11.5 Å². The largest absolute Gasteiger partial charge is 0.492 e. The number of ether oxygens (including phenoxy) is 1. The number of aliphatic imine (C=N–C) groups is 2. The van der Waals surface area contributed by atoms with Crippen LogP contribution in [0.1, 0.15) is 29.4 Å². The second-order valence-electron chi connectivity index (χ2n) is 11.3. The van der Waals surface area contributed by atoms with Crippen molar-refractivity contribution in [3.8, 4) is 6.07 Å². The zero-order chi connectivity index (χ0) is 36.9. The van der Waals surface area contributed by atoms with Crippen LogP contribution in [0.5, 0.6) is 0 Å². The Morgan fingerprint density at radius 1 is 1.10 bits per heavy atom. The fraction of sp³-hybridized carbons (Fsp3) is 0.303. The van der Waals surface area contributed by atoms with Gasteiger partial charge in [-0.2, -0.15) is 25.4 Å². The highest BCUT2D eigenvalue weighted by molar-refractivity contribution is 5.94. The monoisotopic (exact) mass is 707 g/mol.